The van der Waals surface area contributed by atoms with E-state index in [9.17, 15) is 10.2 Å². The van der Waals surface area contributed by atoms with E-state index in [0.717, 1.165) is 11.4 Å². The quantitative estimate of drug-likeness (QED) is 0.162. The molecule has 0 aliphatic rings. The van der Waals surface area contributed by atoms with Crippen LogP contribution in [-0.2, 0) is 17.6 Å². The molecule has 4 heterocycles. The summed E-state index contributed by atoms with van der Waals surface area (Å²) < 4.78 is 4.59. The number of carbonyl (C=O) groups is 1. The van der Waals surface area contributed by atoms with Crippen molar-refractivity contribution in [2.45, 2.75) is 38.5 Å². The number of hydrogen-bond donors (Lipinski definition) is 2. The molecule has 0 amide bonds. The number of halogens is 4. The molecule has 0 aliphatic heterocycles. The van der Waals surface area contributed by atoms with Gasteiger partial charge in [0.15, 0.2) is 5.78 Å². The van der Waals surface area contributed by atoms with Crippen LogP contribution in [0.2, 0.25) is 10.0 Å². The number of rotatable bonds is 8. The SMILES string of the molecule is CCc1nc2ccccn2c1C(C(=O)C(c1cc(Cl)c(O)c(Br)c1)c1c(CC)nc2ccccn12)c1cc(Cl)c(O)c(Br)c1. The molecule has 224 valence electrons. The van der Waals surface area contributed by atoms with Crippen molar-refractivity contribution in [3.05, 3.63) is 126 Å². The Bertz CT molecular complexity index is 1880. The lowest BCUT2D eigenvalue weighted by Gasteiger charge is -2.26. The minimum atomic E-state index is -0.882. The number of Topliss-reactive ketones (excluding diaryl/α,β-unsaturated/α-hetero) is 1. The number of imidazole rings is 2. The van der Waals surface area contributed by atoms with Crippen LogP contribution in [0.1, 0.15) is 59.6 Å². The van der Waals surface area contributed by atoms with Gasteiger partial charge in [0.25, 0.3) is 0 Å². The van der Waals surface area contributed by atoms with Crippen molar-refractivity contribution in [1.82, 2.24) is 18.8 Å². The van der Waals surface area contributed by atoms with Crippen molar-refractivity contribution < 1.29 is 15.0 Å². The molecule has 0 aliphatic carbocycles. The molecule has 2 N–H and O–H groups in total. The molecule has 4 aromatic heterocycles. The summed E-state index contributed by atoms with van der Waals surface area (Å²) in [5.74, 6) is -2.18. The van der Waals surface area contributed by atoms with Gasteiger partial charge in [-0.3, -0.25) is 4.79 Å². The molecule has 0 saturated heterocycles. The van der Waals surface area contributed by atoms with Gasteiger partial charge >= 0.3 is 0 Å². The van der Waals surface area contributed by atoms with E-state index in [2.05, 4.69) is 31.9 Å². The summed E-state index contributed by atoms with van der Waals surface area (Å²) in [5.41, 5.74) is 5.47. The first-order valence-corrected chi connectivity index (χ1v) is 16.3. The Labute approximate surface area is 280 Å². The van der Waals surface area contributed by atoms with E-state index in [0.29, 0.717) is 55.6 Å². The zero-order valence-electron chi connectivity index (χ0n) is 23.6. The lowest BCUT2D eigenvalue weighted by Crippen LogP contribution is -2.26. The van der Waals surface area contributed by atoms with Crippen LogP contribution in [0.5, 0.6) is 11.5 Å². The Balaban J connectivity index is 1.71. The van der Waals surface area contributed by atoms with Crippen LogP contribution in [0, 0.1) is 0 Å². The second-order valence-electron chi connectivity index (χ2n) is 10.4. The molecule has 0 fully saturated rings. The number of aromatic hydroxyl groups is 2. The van der Waals surface area contributed by atoms with Gasteiger partial charge in [0.2, 0.25) is 0 Å². The molecule has 11 heteroatoms. The summed E-state index contributed by atoms with van der Waals surface area (Å²) in [7, 11) is 0. The first kappa shape index (κ1) is 30.6. The number of ketones is 1. The summed E-state index contributed by atoms with van der Waals surface area (Å²) >= 11 is 19.9. The first-order chi connectivity index (χ1) is 21.1. The molecule has 7 nitrogen and oxygen atoms in total. The molecule has 6 rings (SSSR count). The highest BCUT2D eigenvalue weighted by Gasteiger charge is 2.39. The van der Waals surface area contributed by atoms with Gasteiger partial charge in [-0.2, -0.15) is 0 Å². The maximum absolute atomic E-state index is 15.6. The molecular formula is C33H26Br2Cl2N4O3. The van der Waals surface area contributed by atoms with Crippen LogP contribution in [0.4, 0.5) is 0 Å². The third kappa shape index (κ3) is 5.19. The Hall–Kier alpha value is -3.37. The van der Waals surface area contributed by atoms with Crippen LogP contribution in [0.3, 0.4) is 0 Å². The largest absolute Gasteiger partial charge is 0.505 e. The molecular weight excluding hydrogens is 731 g/mol. The fraction of sp³-hybridized carbons (Fsp3) is 0.182. The maximum atomic E-state index is 15.6. The minimum absolute atomic E-state index is 0.107. The highest BCUT2D eigenvalue weighted by molar-refractivity contribution is 9.11. The van der Waals surface area contributed by atoms with E-state index in [1.54, 1.807) is 24.3 Å². The van der Waals surface area contributed by atoms with Crippen LogP contribution >= 0.6 is 55.1 Å². The Morgan fingerprint density at radius 3 is 1.52 bits per heavy atom. The van der Waals surface area contributed by atoms with Crippen LogP contribution < -0.4 is 0 Å². The van der Waals surface area contributed by atoms with Crippen LogP contribution in [0.15, 0.2) is 82.0 Å². The first-order valence-electron chi connectivity index (χ1n) is 14.0. The number of phenolic OH excluding ortho intramolecular Hbond substituents is 2. The lowest BCUT2D eigenvalue weighted by atomic mass is 9.79. The van der Waals surface area contributed by atoms with E-state index >= 15 is 4.79 Å². The monoisotopic (exact) mass is 754 g/mol. The van der Waals surface area contributed by atoms with Crippen LogP contribution in [-0.4, -0.2) is 34.8 Å². The zero-order valence-corrected chi connectivity index (χ0v) is 28.3. The van der Waals surface area contributed by atoms with Crippen molar-refractivity contribution >= 4 is 72.1 Å². The molecule has 2 unspecified atom stereocenters. The Kier molecular flexibility index (Phi) is 8.50. The summed E-state index contributed by atoms with van der Waals surface area (Å²) in [4.78, 5) is 25.3. The van der Waals surface area contributed by atoms with Gasteiger partial charge in [-0.05, 0) is 104 Å². The highest BCUT2D eigenvalue weighted by atomic mass is 79.9. The van der Waals surface area contributed by atoms with Gasteiger partial charge in [-0.15, -0.1) is 0 Å². The number of hydrogen-bond acceptors (Lipinski definition) is 5. The standard InChI is InChI=1S/C33H26Br2Cl2N4O3/c1-3-23-29(40-11-7-5-9-25(40)38-23)27(17-13-19(34)31(42)21(36)15-17)33(44)28(18-14-20(35)32(43)22(37)16-18)30-24(4-2)39-26-10-6-8-12-41(26)30/h5-16,27-28,42-43H,3-4H2,1-2H3. The van der Waals surface area contributed by atoms with Crippen molar-refractivity contribution in [2.24, 2.45) is 0 Å². The fourth-order valence-electron chi connectivity index (χ4n) is 5.84. The Morgan fingerprint density at radius 1 is 0.750 bits per heavy atom. The second-order valence-corrected chi connectivity index (χ2v) is 12.9. The summed E-state index contributed by atoms with van der Waals surface area (Å²) in [6, 6.07) is 18.1. The normalized spacial score (nSPS) is 13.0. The van der Waals surface area contributed by atoms with Gasteiger partial charge < -0.3 is 19.0 Å². The highest BCUT2D eigenvalue weighted by Crippen LogP contribution is 2.44. The van der Waals surface area contributed by atoms with Crippen molar-refractivity contribution in [1.29, 1.82) is 0 Å². The van der Waals surface area contributed by atoms with E-state index < -0.39 is 11.8 Å². The third-order valence-electron chi connectivity index (χ3n) is 7.82. The van der Waals surface area contributed by atoms with Crippen molar-refractivity contribution in [3.8, 4) is 11.5 Å². The average molecular weight is 757 g/mol. The fourth-order valence-corrected chi connectivity index (χ4v) is 7.48. The smallest absolute Gasteiger partial charge is 0.159 e. The molecule has 2 atom stereocenters. The number of carbonyl (C=O) groups excluding carboxylic acids is 1. The number of aromatic nitrogens is 4. The molecule has 0 saturated carbocycles. The predicted molar refractivity (Wildman–Crippen MR) is 179 cm³/mol. The number of phenols is 2. The summed E-state index contributed by atoms with van der Waals surface area (Å²) in [6.07, 6.45) is 4.93. The molecule has 0 radical (unpaired) electrons. The number of nitrogens with zero attached hydrogens (tertiary/aromatic N) is 4. The van der Waals surface area contributed by atoms with Gasteiger partial charge in [0.1, 0.15) is 22.8 Å². The average Bonchev–Trinajstić information content (AvgIpc) is 3.57. The number of pyridine rings is 2. The summed E-state index contributed by atoms with van der Waals surface area (Å²) in [6.45, 7) is 4.00. The Morgan fingerprint density at radius 2 is 1.16 bits per heavy atom. The number of benzene rings is 2. The number of fused-ring (bicyclic) bond motifs is 2. The maximum Gasteiger partial charge on any atom is 0.159 e. The van der Waals surface area contributed by atoms with Crippen molar-refractivity contribution in [2.75, 3.05) is 0 Å². The lowest BCUT2D eigenvalue weighted by molar-refractivity contribution is -0.120. The molecule has 6 aromatic rings. The molecule has 2 aromatic carbocycles. The second kappa shape index (κ2) is 12.2. The third-order valence-corrected chi connectivity index (χ3v) is 9.60. The topological polar surface area (TPSA) is 92.1 Å². The molecule has 0 bridgehead atoms. The van der Waals surface area contributed by atoms with Gasteiger partial charge in [-0.1, -0.05) is 49.2 Å². The van der Waals surface area contributed by atoms with E-state index in [1.165, 1.54) is 0 Å². The minimum Gasteiger partial charge on any atom is -0.505 e. The van der Waals surface area contributed by atoms with Gasteiger partial charge in [0.05, 0.1) is 53.6 Å². The summed E-state index contributed by atoms with van der Waals surface area (Å²) in [5, 5.41) is 21.3. The zero-order chi connectivity index (χ0) is 31.3. The molecule has 0 spiro atoms. The van der Waals surface area contributed by atoms with E-state index in [-0.39, 0.29) is 27.3 Å². The van der Waals surface area contributed by atoms with Gasteiger partial charge in [0, 0.05) is 12.4 Å². The van der Waals surface area contributed by atoms with E-state index in [4.69, 9.17) is 33.2 Å². The number of aryl methyl sites for hydroxylation is 2. The predicted octanol–water partition coefficient (Wildman–Crippen LogP) is 8.88. The van der Waals surface area contributed by atoms with Crippen molar-refractivity contribution in [3.63, 3.8) is 0 Å². The van der Waals surface area contributed by atoms with Crippen LogP contribution in [0.25, 0.3) is 11.3 Å². The van der Waals surface area contributed by atoms with E-state index in [1.807, 2.05) is 71.4 Å². The van der Waals surface area contributed by atoms with Gasteiger partial charge in [-0.25, -0.2) is 9.97 Å². The molecule has 44 heavy (non-hydrogen) atoms.